The molecule has 2 fully saturated rings. The van der Waals surface area contributed by atoms with Gasteiger partial charge in [-0.25, -0.2) is 9.37 Å². The number of rotatable bonds is 4. The summed E-state index contributed by atoms with van der Waals surface area (Å²) in [6, 6.07) is 10.0. The number of ether oxygens (including phenoxy) is 1. The quantitative estimate of drug-likeness (QED) is 0.647. The van der Waals surface area contributed by atoms with E-state index in [9.17, 15) is 9.18 Å². The van der Waals surface area contributed by atoms with Gasteiger partial charge in [-0.15, -0.1) is 0 Å². The Morgan fingerprint density at radius 2 is 1.84 bits per heavy atom. The van der Waals surface area contributed by atoms with Gasteiger partial charge in [0.1, 0.15) is 18.0 Å². The van der Waals surface area contributed by atoms with Crippen molar-refractivity contribution in [3.05, 3.63) is 60.9 Å². The first kappa shape index (κ1) is 19.8. The van der Waals surface area contributed by atoms with Crippen LogP contribution in [0.5, 0.6) is 0 Å². The van der Waals surface area contributed by atoms with Crippen molar-refractivity contribution >= 4 is 5.91 Å². The number of aromatic nitrogens is 3. The van der Waals surface area contributed by atoms with Crippen molar-refractivity contribution in [1.82, 2.24) is 24.3 Å². The van der Waals surface area contributed by atoms with Gasteiger partial charge < -0.3 is 19.1 Å². The highest BCUT2D eigenvalue weighted by Crippen LogP contribution is 2.32. The number of amides is 1. The average Bonchev–Trinajstić information content (AvgIpc) is 3.17. The summed E-state index contributed by atoms with van der Waals surface area (Å²) in [4.78, 5) is 26.0. The minimum Gasteiger partial charge on any atom is -0.369 e. The number of halogens is 1. The van der Waals surface area contributed by atoms with E-state index < -0.39 is 0 Å². The van der Waals surface area contributed by atoms with Crippen molar-refractivity contribution in [2.24, 2.45) is 0 Å². The fraction of sp³-hybridized carbons (Fsp3) is 0.348. The molecule has 4 heterocycles. The number of carbonyl (C=O) groups is 1. The molecule has 160 valence electrons. The number of hydrogen-bond acceptors (Lipinski definition) is 5. The summed E-state index contributed by atoms with van der Waals surface area (Å²) in [5, 5.41) is 0. The zero-order valence-electron chi connectivity index (χ0n) is 17.4. The van der Waals surface area contributed by atoms with Gasteiger partial charge in [0.25, 0.3) is 0 Å². The largest absolute Gasteiger partial charge is 0.369 e. The minimum atomic E-state index is -0.299. The van der Waals surface area contributed by atoms with Gasteiger partial charge >= 0.3 is 0 Å². The van der Waals surface area contributed by atoms with Crippen molar-refractivity contribution in [2.75, 3.05) is 39.8 Å². The number of carbonyl (C=O) groups excluding carboxylic acids is 1. The monoisotopic (exact) mass is 421 g/mol. The molecular weight excluding hydrogens is 397 g/mol. The Kier molecular flexibility index (Phi) is 5.03. The second-order valence-electron chi connectivity index (χ2n) is 8.33. The molecule has 2 aliphatic rings. The number of likely N-dealkylation sites (tertiary alicyclic amines) is 1. The van der Waals surface area contributed by atoms with Crippen LogP contribution in [0.4, 0.5) is 4.39 Å². The van der Waals surface area contributed by atoms with E-state index >= 15 is 0 Å². The molecule has 0 saturated carbocycles. The molecule has 2 aliphatic heterocycles. The van der Waals surface area contributed by atoms with Crippen LogP contribution in [0.1, 0.15) is 0 Å². The summed E-state index contributed by atoms with van der Waals surface area (Å²) in [6.07, 6.45) is 5.10. The van der Waals surface area contributed by atoms with Crippen LogP contribution in [0.2, 0.25) is 0 Å². The minimum absolute atomic E-state index is 0.0376. The van der Waals surface area contributed by atoms with Crippen molar-refractivity contribution in [3.8, 4) is 22.5 Å². The molecule has 1 amide bonds. The topological polar surface area (TPSA) is 63.5 Å². The van der Waals surface area contributed by atoms with Gasteiger partial charge in [-0.3, -0.25) is 9.78 Å². The maximum atomic E-state index is 13.4. The van der Waals surface area contributed by atoms with Gasteiger partial charge in [0.05, 0.1) is 30.9 Å². The number of nitrogens with zero attached hydrogens (tertiary/aromatic N) is 5. The fourth-order valence-corrected chi connectivity index (χ4v) is 4.57. The highest BCUT2D eigenvalue weighted by atomic mass is 19.1. The van der Waals surface area contributed by atoms with Gasteiger partial charge in [-0.2, -0.15) is 0 Å². The molecule has 0 unspecified atom stereocenters. The molecule has 1 aromatic carbocycles. The lowest BCUT2D eigenvalue weighted by molar-refractivity contribution is -0.184. The van der Waals surface area contributed by atoms with Crippen molar-refractivity contribution < 1.29 is 13.9 Å². The predicted molar refractivity (Wildman–Crippen MR) is 114 cm³/mol. The summed E-state index contributed by atoms with van der Waals surface area (Å²) < 4.78 is 21.3. The fourth-order valence-electron chi connectivity index (χ4n) is 4.57. The molecule has 2 saturated heterocycles. The molecule has 8 heteroatoms. The summed E-state index contributed by atoms with van der Waals surface area (Å²) in [7, 11) is 2.05. The first-order valence-electron chi connectivity index (χ1n) is 10.3. The Bertz CT molecular complexity index is 1070. The molecule has 31 heavy (non-hydrogen) atoms. The third-order valence-corrected chi connectivity index (χ3v) is 5.93. The molecule has 0 aliphatic carbocycles. The number of imidazole rings is 1. The Morgan fingerprint density at radius 1 is 1.10 bits per heavy atom. The molecule has 0 bridgehead atoms. The second kappa shape index (κ2) is 7.86. The number of benzene rings is 1. The van der Waals surface area contributed by atoms with E-state index in [0.29, 0.717) is 25.4 Å². The zero-order chi connectivity index (χ0) is 21.4. The summed E-state index contributed by atoms with van der Waals surface area (Å²) in [5.41, 5.74) is 2.98. The van der Waals surface area contributed by atoms with Crippen LogP contribution < -0.4 is 0 Å². The Hall–Kier alpha value is -3.10. The maximum absolute atomic E-state index is 13.4. The van der Waals surface area contributed by atoms with Crippen LogP contribution in [0, 0.1) is 5.82 Å². The highest BCUT2D eigenvalue weighted by Gasteiger charge is 2.46. The van der Waals surface area contributed by atoms with Gasteiger partial charge in [-0.05, 0) is 43.4 Å². The lowest BCUT2D eigenvalue weighted by Gasteiger charge is -2.52. The summed E-state index contributed by atoms with van der Waals surface area (Å²) in [6.45, 7) is 3.63. The SMILES string of the molecule is CN1CC2(C1)CN(C(=O)Cn1cnc(-c3ccc(F)cc3)c1-c1ccncc1)CCO2. The number of hydrogen-bond donors (Lipinski definition) is 0. The third kappa shape index (κ3) is 3.84. The van der Waals surface area contributed by atoms with Gasteiger partial charge in [0.2, 0.25) is 5.91 Å². The number of pyridine rings is 1. The van der Waals surface area contributed by atoms with Crippen molar-refractivity contribution in [2.45, 2.75) is 12.1 Å². The maximum Gasteiger partial charge on any atom is 0.242 e. The van der Waals surface area contributed by atoms with E-state index in [2.05, 4.69) is 21.9 Å². The zero-order valence-corrected chi connectivity index (χ0v) is 17.4. The molecule has 0 radical (unpaired) electrons. The van der Waals surface area contributed by atoms with E-state index in [1.54, 1.807) is 30.9 Å². The normalized spacial score (nSPS) is 18.2. The Balaban J connectivity index is 1.44. The highest BCUT2D eigenvalue weighted by molar-refractivity contribution is 5.81. The summed E-state index contributed by atoms with van der Waals surface area (Å²) in [5.74, 6) is -0.262. The molecule has 3 aromatic rings. The molecule has 7 nitrogen and oxygen atoms in total. The van der Waals surface area contributed by atoms with Crippen molar-refractivity contribution in [1.29, 1.82) is 0 Å². The van der Waals surface area contributed by atoms with Crippen LogP contribution in [0.15, 0.2) is 55.1 Å². The predicted octanol–water partition coefficient (Wildman–Crippen LogP) is 2.29. The van der Waals surface area contributed by atoms with E-state index in [-0.39, 0.29) is 23.9 Å². The van der Waals surface area contributed by atoms with E-state index in [0.717, 1.165) is 29.9 Å². The van der Waals surface area contributed by atoms with Crippen LogP contribution in [0.3, 0.4) is 0 Å². The van der Waals surface area contributed by atoms with E-state index in [1.807, 2.05) is 21.6 Å². The second-order valence-corrected chi connectivity index (χ2v) is 8.33. The van der Waals surface area contributed by atoms with Crippen molar-refractivity contribution in [3.63, 3.8) is 0 Å². The van der Waals surface area contributed by atoms with E-state index in [4.69, 9.17) is 4.74 Å². The van der Waals surface area contributed by atoms with Crippen LogP contribution in [-0.4, -0.2) is 75.7 Å². The first-order valence-corrected chi connectivity index (χ1v) is 10.3. The van der Waals surface area contributed by atoms with Gasteiger partial charge in [-0.1, -0.05) is 0 Å². The van der Waals surface area contributed by atoms with Gasteiger partial charge in [0.15, 0.2) is 0 Å². The Labute approximate surface area is 180 Å². The molecule has 1 spiro atoms. The first-order chi connectivity index (χ1) is 15.0. The van der Waals surface area contributed by atoms with Crippen LogP contribution >= 0.6 is 0 Å². The van der Waals surface area contributed by atoms with E-state index in [1.165, 1.54) is 12.1 Å². The van der Waals surface area contributed by atoms with Gasteiger partial charge in [0, 0.05) is 43.2 Å². The van der Waals surface area contributed by atoms with Crippen LogP contribution in [0.25, 0.3) is 22.5 Å². The standard InChI is InChI=1S/C23H24FN5O2/c1-27-13-23(14-27)15-28(10-11-31-23)20(30)12-29-16-26-21(17-2-4-19(24)5-3-17)22(29)18-6-8-25-9-7-18/h2-9,16H,10-15H2,1H3. The van der Waals surface area contributed by atoms with Crippen LogP contribution in [-0.2, 0) is 16.1 Å². The lowest BCUT2D eigenvalue weighted by atomic mass is 9.92. The molecule has 0 N–H and O–H groups in total. The lowest BCUT2D eigenvalue weighted by Crippen LogP contribution is -2.69. The number of morpholine rings is 1. The Morgan fingerprint density at radius 3 is 2.55 bits per heavy atom. The molecule has 2 aromatic heterocycles. The third-order valence-electron chi connectivity index (χ3n) is 5.93. The number of likely N-dealkylation sites (N-methyl/N-ethyl adjacent to an activating group) is 1. The average molecular weight is 421 g/mol. The molecule has 5 rings (SSSR count). The molecule has 0 atom stereocenters. The molecular formula is C23H24FN5O2. The summed E-state index contributed by atoms with van der Waals surface area (Å²) >= 11 is 0. The smallest absolute Gasteiger partial charge is 0.242 e.